The summed E-state index contributed by atoms with van der Waals surface area (Å²) < 4.78 is 0. The number of urea groups is 1. The molecule has 0 aliphatic carbocycles. The van der Waals surface area contributed by atoms with Crippen molar-refractivity contribution in [2.75, 3.05) is 47.8 Å². The number of benzene rings is 1. The summed E-state index contributed by atoms with van der Waals surface area (Å²) in [4.78, 5) is 29.3. The molecule has 25 heavy (non-hydrogen) atoms. The van der Waals surface area contributed by atoms with Crippen molar-refractivity contribution in [1.82, 2.24) is 20.0 Å². The third-order valence-electron chi connectivity index (χ3n) is 3.67. The van der Waals surface area contributed by atoms with Crippen LogP contribution in [0, 0.1) is 11.3 Å². The van der Waals surface area contributed by atoms with Crippen molar-refractivity contribution in [2.24, 2.45) is 0 Å². The number of nitrogens with one attached hydrogen (secondary N) is 1. The third kappa shape index (κ3) is 7.68. The predicted molar refractivity (Wildman–Crippen MR) is 96.8 cm³/mol. The molecule has 0 unspecified atom stereocenters. The fourth-order valence-electron chi connectivity index (χ4n) is 2.09. The summed E-state index contributed by atoms with van der Waals surface area (Å²) in [7, 11) is 7.29. The maximum atomic E-state index is 12.5. The zero-order valence-electron chi connectivity index (χ0n) is 15.5. The first-order valence-corrected chi connectivity index (χ1v) is 8.20. The standard InChI is InChI=1S/C18H27N5O2/c1-21(2)11-12-23(14-16-7-5-15(13-19)6-8-16)18(25)20-10-9-17(24)22(3)4/h5-8H,9-12,14H2,1-4H3,(H,20,25). The second kappa shape index (κ2) is 10.3. The first-order valence-electron chi connectivity index (χ1n) is 8.20. The Labute approximate surface area is 149 Å². The van der Waals surface area contributed by atoms with E-state index in [1.807, 2.05) is 31.1 Å². The Balaban J connectivity index is 2.65. The molecule has 0 saturated heterocycles. The summed E-state index contributed by atoms with van der Waals surface area (Å²) in [5, 5.41) is 11.7. The number of rotatable bonds is 8. The Kier molecular flexibility index (Phi) is 8.44. The molecule has 136 valence electrons. The Hall–Kier alpha value is -2.59. The molecule has 0 aromatic heterocycles. The van der Waals surface area contributed by atoms with Gasteiger partial charge in [-0.1, -0.05) is 12.1 Å². The highest BCUT2D eigenvalue weighted by molar-refractivity contribution is 5.78. The van der Waals surface area contributed by atoms with Crippen LogP contribution in [0.3, 0.4) is 0 Å². The Bertz CT molecular complexity index is 605. The minimum atomic E-state index is -0.197. The molecule has 0 bridgehead atoms. The number of hydrogen-bond acceptors (Lipinski definition) is 4. The van der Waals surface area contributed by atoms with Crippen molar-refractivity contribution in [2.45, 2.75) is 13.0 Å². The van der Waals surface area contributed by atoms with Crippen molar-refractivity contribution in [1.29, 1.82) is 5.26 Å². The summed E-state index contributed by atoms with van der Waals surface area (Å²) >= 11 is 0. The van der Waals surface area contributed by atoms with Gasteiger partial charge in [-0.15, -0.1) is 0 Å². The third-order valence-corrected chi connectivity index (χ3v) is 3.67. The largest absolute Gasteiger partial charge is 0.349 e. The van der Waals surface area contributed by atoms with Gasteiger partial charge in [-0.25, -0.2) is 4.79 Å². The fraction of sp³-hybridized carbons (Fsp3) is 0.500. The van der Waals surface area contributed by atoms with Crippen molar-refractivity contribution in [3.8, 4) is 6.07 Å². The van der Waals surface area contributed by atoms with Crippen LogP contribution in [-0.2, 0) is 11.3 Å². The lowest BCUT2D eigenvalue weighted by Crippen LogP contribution is -2.43. The molecule has 1 rings (SSSR count). The molecular formula is C18H27N5O2. The van der Waals surface area contributed by atoms with Crippen LogP contribution in [0.4, 0.5) is 4.79 Å². The highest BCUT2D eigenvalue weighted by Crippen LogP contribution is 2.07. The highest BCUT2D eigenvalue weighted by Gasteiger charge is 2.14. The molecule has 0 spiro atoms. The molecule has 1 aromatic carbocycles. The zero-order valence-corrected chi connectivity index (χ0v) is 15.5. The number of amides is 3. The Morgan fingerprint density at radius 1 is 1.08 bits per heavy atom. The first-order chi connectivity index (χ1) is 11.8. The molecule has 7 nitrogen and oxygen atoms in total. The van der Waals surface area contributed by atoms with E-state index in [0.29, 0.717) is 25.2 Å². The molecule has 0 aliphatic rings. The van der Waals surface area contributed by atoms with E-state index >= 15 is 0 Å². The number of likely N-dealkylation sites (N-methyl/N-ethyl adjacent to an activating group) is 1. The molecule has 1 N–H and O–H groups in total. The molecular weight excluding hydrogens is 318 g/mol. The van der Waals surface area contributed by atoms with E-state index in [1.165, 1.54) is 4.90 Å². The topological polar surface area (TPSA) is 79.7 Å². The lowest BCUT2D eigenvalue weighted by atomic mass is 10.1. The summed E-state index contributed by atoms with van der Waals surface area (Å²) in [6.07, 6.45) is 0.275. The lowest BCUT2D eigenvalue weighted by Gasteiger charge is -2.25. The fourth-order valence-corrected chi connectivity index (χ4v) is 2.09. The van der Waals surface area contributed by atoms with Gasteiger partial charge in [0, 0.05) is 46.7 Å². The minimum Gasteiger partial charge on any atom is -0.349 e. The van der Waals surface area contributed by atoms with Gasteiger partial charge in [0.15, 0.2) is 0 Å². The van der Waals surface area contributed by atoms with Crippen LogP contribution in [0.2, 0.25) is 0 Å². The van der Waals surface area contributed by atoms with Crippen LogP contribution in [0.15, 0.2) is 24.3 Å². The van der Waals surface area contributed by atoms with E-state index in [1.54, 1.807) is 31.1 Å². The normalized spacial score (nSPS) is 10.2. The Morgan fingerprint density at radius 2 is 1.72 bits per heavy atom. The van der Waals surface area contributed by atoms with Gasteiger partial charge < -0.3 is 20.0 Å². The average molecular weight is 345 g/mol. The quantitative estimate of drug-likeness (QED) is 0.765. The van der Waals surface area contributed by atoms with Crippen molar-refractivity contribution in [3.63, 3.8) is 0 Å². The minimum absolute atomic E-state index is 0.0211. The van der Waals surface area contributed by atoms with Gasteiger partial charge in [0.2, 0.25) is 5.91 Å². The van der Waals surface area contributed by atoms with Crippen LogP contribution in [0.25, 0.3) is 0 Å². The monoisotopic (exact) mass is 345 g/mol. The van der Waals surface area contributed by atoms with E-state index in [2.05, 4.69) is 11.4 Å². The van der Waals surface area contributed by atoms with Gasteiger partial charge in [-0.2, -0.15) is 5.26 Å². The van der Waals surface area contributed by atoms with Crippen LogP contribution < -0.4 is 5.32 Å². The Morgan fingerprint density at radius 3 is 2.24 bits per heavy atom. The summed E-state index contributed by atoms with van der Waals surface area (Å²) in [5.74, 6) is -0.0211. The van der Waals surface area contributed by atoms with E-state index in [9.17, 15) is 9.59 Å². The van der Waals surface area contributed by atoms with E-state index in [0.717, 1.165) is 12.1 Å². The van der Waals surface area contributed by atoms with E-state index in [4.69, 9.17) is 5.26 Å². The number of nitriles is 1. The molecule has 1 aromatic rings. The van der Waals surface area contributed by atoms with Gasteiger partial charge in [0.1, 0.15) is 0 Å². The molecule has 3 amide bonds. The van der Waals surface area contributed by atoms with Gasteiger partial charge in [0.25, 0.3) is 0 Å². The van der Waals surface area contributed by atoms with E-state index in [-0.39, 0.29) is 18.4 Å². The van der Waals surface area contributed by atoms with Crippen molar-refractivity contribution >= 4 is 11.9 Å². The van der Waals surface area contributed by atoms with Gasteiger partial charge in [-0.05, 0) is 31.8 Å². The maximum absolute atomic E-state index is 12.5. The van der Waals surface area contributed by atoms with Crippen LogP contribution >= 0.6 is 0 Å². The molecule has 0 saturated carbocycles. The summed E-state index contributed by atoms with van der Waals surface area (Å²) in [6, 6.07) is 9.07. The number of carbonyl (C=O) groups is 2. The molecule has 0 heterocycles. The van der Waals surface area contributed by atoms with Gasteiger partial charge in [-0.3, -0.25) is 4.79 Å². The van der Waals surface area contributed by atoms with Crippen LogP contribution in [-0.4, -0.2) is 74.5 Å². The highest BCUT2D eigenvalue weighted by atomic mass is 16.2. The molecule has 7 heteroatoms. The number of hydrogen-bond donors (Lipinski definition) is 1. The van der Waals surface area contributed by atoms with Crippen LogP contribution in [0.1, 0.15) is 17.5 Å². The predicted octanol–water partition coefficient (Wildman–Crippen LogP) is 1.11. The van der Waals surface area contributed by atoms with Gasteiger partial charge in [0.05, 0.1) is 11.6 Å². The van der Waals surface area contributed by atoms with Crippen LogP contribution in [0.5, 0.6) is 0 Å². The molecule has 0 aliphatic heterocycles. The zero-order chi connectivity index (χ0) is 18.8. The molecule has 0 fully saturated rings. The number of carbonyl (C=O) groups excluding carboxylic acids is 2. The molecule has 0 radical (unpaired) electrons. The second-order valence-electron chi connectivity index (χ2n) is 6.30. The summed E-state index contributed by atoms with van der Waals surface area (Å²) in [6.45, 7) is 2.06. The second-order valence-corrected chi connectivity index (χ2v) is 6.30. The summed E-state index contributed by atoms with van der Waals surface area (Å²) in [5.41, 5.74) is 1.55. The smallest absolute Gasteiger partial charge is 0.317 e. The average Bonchev–Trinajstić information content (AvgIpc) is 2.58. The van der Waals surface area contributed by atoms with Gasteiger partial charge >= 0.3 is 6.03 Å². The number of nitrogens with zero attached hydrogens (tertiary/aromatic N) is 4. The molecule has 0 atom stereocenters. The first kappa shape index (κ1) is 20.5. The lowest BCUT2D eigenvalue weighted by molar-refractivity contribution is -0.128. The van der Waals surface area contributed by atoms with E-state index < -0.39 is 0 Å². The van der Waals surface area contributed by atoms with Crippen molar-refractivity contribution in [3.05, 3.63) is 35.4 Å². The SMILES string of the molecule is CN(C)CCN(Cc1ccc(C#N)cc1)C(=O)NCCC(=O)N(C)C. The maximum Gasteiger partial charge on any atom is 0.317 e. The van der Waals surface area contributed by atoms with Crippen molar-refractivity contribution < 1.29 is 9.59 Å².